The van der Waals surface area contributed by atoms with Gasteiger partial charge in [0.2, 0.25) is 5.91 Å². The van der Waals surface area contributed by atoms with Crippen LogP contribution in [-0.2, 0) is 17.6 Å². The molecule has 148 valence electrons. The van der Waals surface area contributed by atoms with Crippen molar-refractivity contribution in [1.82, 2.24) is 4.98 Å². The van der Waals surface area contributed by atoms with Crippen LogP contribution >= 0.6 is 0 Å². The third-order valence-electron chi connectivity index (χ3n) is 4.89. The molecule has 0 bridgehead atoms. The average molecular weight is 399 g/mol. The van der Waals surface area contributed by atoms with Crippen molar-refractivity contribution in [2.45, 2.75) is 19.2 Å². The van der Waals surface area contributed by atoms with Gasteiger partial charge in [-0.3, -0.25) is 4.79 Å². The van der Waals surface area contributed by atoms with Gasteiger partial charge in [0.1, 0.15) is 12.4 Å². The summed E-state index contributed by atoms with van der Waals surface area (Å²) >= 11 is 0. The molecule has 1 amide bonds. The Morgan fingerprint density at radius 3 is 2.66 bits per heavy atom. The lowest BCUT2D eigenvalue weighted by molar-refractivity contribution is -0.137. The van der Waals surface area contributed by atoms with E-state index in [-0.39, 0.29) is 24.3 Å². The number of alkyl halides is 3. The number of H-pyrrole nitrogens is 1. The fraction of sp³-hybridized carbons (Fsp3) is 0.238. The van der Waals surface area contributed by atoms with Gasteiger partial charge in [-0.1, -0.05) is 12.1 Å². The van der Waals surface area contributed by atoms with Crippen LogP contribution in [0.2, 0.25) is 0 Å². The molecular formula is C21H16F3N3O2. The lowest BCUT2D eigenvalue weighted by Crippen LogP contribution is -2.14. The Morgan fingerprint density at radius 1 is 1.24 bits per heavy atom. The van der Waals surface area contributed by atoms with Gasteiger partial charge in [-0.2, -0.15) is 18.4 Å². The molecule has 2 N–H and O–H groups in total. The molecule has 8 heteroatoms. The number of anilines is 1. The molecule has 1 saturated carbocycles. The monoisotopic (exact) mass is 399 g/mol. The first-order valence-corrected chi connectivity index (χ1v) is 8.95. The average Bonchev–Trinajstić information content (AvgIpc) is 3.40. The van der Waals surface area contributed by atoms with Gasteiger partial charge in [0, 0.05) is 17.1 Å². The number of aromatic amines is 1. The van der Waals surface area contributed by atoms with Gasteiger partial charge in [0.15, 0.2) is 0 Å². The van der Waals surface area contributed by atoms with Crippen molar-refractivity contribution < 1.29 is 22.7 Å². The summed E-state index contributed by atoms with van der Waals surface area (Å²) in [6.45, 7) is 0.113. The van der Waals surface area contributed by atoms with Gasteiger partial charge in [-0.05, 0) is 42.3 Å². The van der Waals surface area contributed by atoms with Crippen molar-refractivity contribution in [3.8, 4) is 11.8 Å². The first-order valence-electron chi connectivity index (χ1n) is 8.95. The quantitative estimate of drug-likeness (QED) is 0.643. The second-order valence-corrected chi connectivity index (χ2v) is 6.96. The summed E-state index contributed by atoms with van der Waals surface area (Å²) in [6.07, 6.45) is -2.12. The van der Waals surface area contributed by atoms with Crippen LogP contribution in [-0.4, -0.2) is 10.9 Å². The number of fused-ring (bicyclic) bond motifs is 1. The number of benzene rings is 2. The number of nitrogens with zero attached hydrogens (tertiary/aromatic N) is 1. The maximum atomic E-state index is 12.6. The number of carbonyl (C=O) groups excluding carboxylic acids is 1. The minimum absolute atomic E-state index is 0.113. The van der Waals surface area contributed by atoms with Crippen molar-refractivity contribution in [2.75, 3.05) is 5.32 Å². The van der Waals surface area contributed by atoms with E-state index in [4.69, 9.17) is 10.00 Å². The number of aromatic nitrogens is 1. The molecule has 1 heterocycles. The molecule has 0 saturated heterocycles. The lowest BCUT2D eigenvalue weighted by Gasteiger charge is -2.09. The zero-order valence-electron chi connectivity index (χ0n) is 15.1. The maximum absolute atomic E-state index is 12.6. The zero-order valence-corrected chi connectivity index (χ0v) is 15.1. The van der Waals surface area contributed by atoms with Gasteiger partial charge in [0.25, 0.3) is 0 Å². The van der Waals surface area contributed by atoms with Gasteiger partial charge < -0.3 is 15.0 Å². The Balaban J connectivity index is 1.45. The Labute approximate surface area is 164 Å². The predicted octanol–water partition coefficient (Wildman–Crippen LogP) is 4.86. The number of carbonyl (C=O) groups is 1. The first kappa shape index (κ1) is 18.9. The summed E-state index contributed by atoms with van der Waals surface area (Å²) in [5.74, 6) is -0.158. The normalized spacial score (nSPS) is 18.3. The molecule has 4 rings (SSSR count). The molecule has 0 aliphatic heterocycles. The van der Waals surface area contributed by atoms with E-state index in [1.54, 1.807) is 24.4 Å². The number of nitriles is 1. The van der Waals surface area contributed by atoms with E-state index < -0.39 is 11.7 Å². The summed E-state index contributed by atoms with van der Waals surface area (Å²) in [5.41, 5.74) is 1.30. The standard InChI is InChI=1S/C21H16F3N3O2/c22-21(23,24)14-3-1-12(2-4-14)11-29-15-5-6-18-17(8-15)19(10-26-18)27-20(28)16-7-13(16)9-25/h1-6,8,10,13,16,26H,7,11H2,(H,27,28)/t13-,16+/m1/s1. The van der Waals surface area contributed by atoms with Crippen molar-refractivity contribution >= 4 is 22.5 Å². The smallest absolute Gasteiger partial charge is 0.416 e. The van der Waals surface area contributed by atoms with E-state index in [1.165, 1.54) is 12.1 Å². The summed E-state index contributed by atoms with van der Waals surface area (Å²) in [6, 6.07) is 12.2. The zero-order chi connectivity index (χ0) is 20.6. The second-order valence-electron chi connectivity index (χ2n) is 6.96. The molecule has 3 aromatic rings. The van der Waals surface area contributed by atoms with Crippen LogP contribution in [0.5, 0.6) is 5.75 Å². The van der Waals surface area contributed by atoms with Crippen LogP contribution < -0.4 is 10.1 Å². The number of nitrogens with one attached hydrogen (secondary N) is 2. The Morgan fingerprint density at radius 2 is 2.00 bits per heavy atom. The van der Waals surface area contributed by atoms with Crippen molar-refractivity contribution in [3.63, 3.8) is 0 Å². The Bertz CT molecular complexity index is 1100. The molecule has 1 aliphatic carbocycles. The minimum Gasteiger partial charge on any atom is -0.489 e. The Kier molecular flexibility index (Phi) is 4.66. The van der Waals surface area contributed by atoms with Crippen LogP contribution in [0, 0.1) is 23.2 Å². The molecule has 0 radical (unpaired) electrons. The third kappa shape index (κ3) is 4.04. The molecule has 29 heavy (non-hydrogen) atoms. The number of hydrogen-bond acceptors (Lipinski definition) is 3. The molecule has 1 aromatic heterocycles. The molecular weight excluding hydrogens is 383 g/mol. The van der Waals surface area contributed by atoms with Crippen molar-refractivity contribution in [2.24, 2.45) is 11.8 Å². The maximum Gasteiger partial charge on any atom is 0.416 e. The number of amides is 1. The molecule has 1 fully saturated rings. The van der Waals surface area contributed by atoms with Crippen molar-refractivity contribution in [3.05, 3.63) is 59.8 Å². The van der Waals surface area contributed by atoms with E-state index in [9.17, 15) is 18.0 Å². The number of ether oxygens (including phenoxy) is 1. The molecule has 1 aliphatic rings. The fourth-order valence-electron chi connectivity index (χ4n) is 3.10. The largest absolute Gasteiger partial charge is 0.489 e. The molecule has 2 atom stereocenters. The molecule has 0 unspecified atom stereocenters. The summed E-state index contributed by atoms with van der Waals surface area (Å²) in [5, 5.41) is 12.4. The third-order valence-corrected chi connectivity index (χ3v) is 4.89. The first-order chi connectivity index (χ1) is 13.8. The van der Waals surface area contributed by atoms with E-state index in [0.717, 1.165) is 23.0 Å². The highest BCUT2D eigenvalue weighted by Crippen LogP contribution is 2.39. The van der Waals surface area contributed by atoms with E-state index in [0.29, 0.717) is 23.4 Å². The molecule has 5 nitrogen and oxygen atoms in total. The number of halogens is 3. The van der Waals surface area contributed by atoms with E-state index in [2.05, 4.69) is 16.4 Å². The molecule has 2 aromatic carbocycles. The lowest BCUT2D eigenvalue weighted by atomic mass is 10.1. The van der Waals surface area contributed by atoms with Gasteiger partial charge in [-0.25, -0.2) is 0 Å². The highest BCUT2D eigenvalue weighted by Gasteiger charge is 2.43. The molecule has 0 spiro atoms. The summed E-state index contributed by atoms with van der Waals surface area (Å²) < 4.78 is 43.6. The highest BCUT2D eigenvalue weighted by molar-refractivity contribution is 6.03. The highest BCUT2D eigenvalue weighted by atomic mass is 19.4. The van der Waals surface area contributed by atoms with Gasteiger partial charge in [-0.15, -0.1) is 0 Å². The predicted molar refractivity (Wildman–Crippen MR) is 99.9 cm³/mol. The summed E-state index contributed by atoms with van der Waals surface area (Å²) in [4.78, 5) is 15.2. The van der Waals surface area contributed by atoms with Gasteiger partial charge >= 0.3 is 6.18 Å². The van der Waals surface area contributed by atoms with Crippen LogP contribution in [0.4, 0.5) is 18.9 Å². The topological polar surface area (TPSA) is 77.9 Å². The second kappa shape index (κ2) is 7.17. The SMILES string of the molecule is N#C[C@H]1C[C@@H]1C(=O)Nc1c[nH]c2ccc(OCc3ccc(C(F)(F)F)cc3)cc12. The van der Waals surface area contributed by atoms with Crippen molar-refractivity contribution in [1.29, 1.82) is 5.26 Å². The van der Waals surface area contributed by atoms with Crippen LogP contribution in [0.1, 0.15) is 17.5 Å². The summed E-state index contributed by atoms with van der Waals surface area (Å²) in [7, 11) is 0. The number of rotatable bonds is 5. The Hall–Kier alpha value is -3.47. The fourth-order valence-corrected chi connectivity index (χ4v) is 3.10. The van der Waals surface area contributed by atoms with E-state index >= 15 is 0 Å². The van der Waals surface area contributed by atoms with Crippen LogP contribution in [0.25, 0.3) is 10.9 Å². The van der Waals surface area contributed by atoms with E-state index in [1.807, 2.05) is 0 Å². The van der Waals surface area contributed by atoms with Crippen LogP contribution in [0.15, 0.2) is 48.7 Å². The van der Waals surface area contributed by atoms with Gasteiger partial charge in [0.05, 0.1) is 29.2 Å². The van der Waals surface area contributed by atoms with Crippen LogP contribution in [0.3, 0.4) is 0 Å². The number of hydrogen-bond donors (Lipinski definition) is 2. The minimum atomic E-state index is -4.37.